The van der Waals surface area contributed by atoms with Crippen molar-refractivity contribution in [2.45, 2.75) is 17.9 Å². The van der Waals surface area contributed by atoms with Gasteiger partial charge in [0.25, 0.3) is 21.6 Å². The minimum absolute atomic E-state index is 0.0114. The third-order valence-electron chi connectivity index (χ3n) is 5.12. The molecule has 33 heavy (non-hydrogen) atoms. The van der Waals surface area contributed by atoms with Crippen LogP contribution >= 0.6 is 11.6 Å². The van der Waals surface area contributed by atoms with Gasteiger partial charge >= 0.3 is 0 Å². The average molecular weight is 488 g/mol. The van der Waals surface area contributed by atoms with Crippen molar-refractivity contribution in [3.8, 4) is 5.75 Å². The van der Waals surface area contributed by atoms with E-state index in [9.17, 15) is 23.3 Å². The molecular weight excluding hydrogens is 470 g/mol. The van der Waals surface area contributed by atoms with Crippen molar-refractivity contribution in [2.24, 2.45) is 0 Å². The van der Waals surface area contributed by atoms with Gasteiger partial charge in [0, 0.05) is 17.2 Å². The van der Waals surface area contributed by atoms with Crippen molar-refractivity contribution < 1.29 is 22.9 Å². The number of halogens is 1. The molecule has 9 nitrogen and oxygen atoms in total. The number of carbonyl (C=O) groups excluding carboxylic acids is 1. The van der Waals surface area contributed by atoms with Gasteiger partial charge in [-0.1, -0.05) is 29.8 Å². The maximum Gasteiger partial charge on any atom is 0.271 e. The van der Waals surface area contributed by atoms with Gasteiger partial charge in [-0.15, -0.1) is 0 Å². The van der Waals surface area contributed by atoms with Crippen LogP contribution in [0.1, 0.15) is 5.56 Å². The summed E-state index contributed by atoms with van der Waals surface area (Å²) in [4.78, 5) is 23.5. The number of hydrogen-bond acceptors (Lipinski definition) is 6. The van der Waals surface area contributed by atoms with Crippen molar-refractivity contribution in [3.05, 3.63) is 87.4 Å². The van der Waals surface area contributed by atoms with Crippen LogP contribution in [0.15, 0.2) is 71.6 Å². The number of para-hydroxylation sites is 2. The molecule has 1 heterocycles. The summed E-state index contributed by atoms with van der Waals surface area (Å²) >= 11 is 5.89. The first-order chi connectivity index (χ1) is 15.7. The number of ether oxygens (including phenoxy) is 1. The van der Waals surface area contributed by atoms with Gasteiger partial charge in [-0.05, 0) is 48.9 Å². The van der Waals surface area contributed by atoms with Crippen molar-refractivity contribution in [1.29, 1.82) is 0 Å². The van der Waals surface area contributed by atoms with E-state index in [1.54, 1.807) is 31.2 Å². The van der Waals surface area contributed by atoms with Gasteiger partial charge < -0.3 is 10.1 Å². The largest absolute Gasteiger partial charge is 0.476 e. The van der Waals surface area contributed by atoms with Crippen molar-refractivity contribution in [3.63, 3.8) is 0 Å². The smallest absolute Gasteiger partial charge is 0.271 e. The number of nitrogens with zero attached hydrogens (tertiary/aromatic N) is 2. The predicted octanol–water partition coefficient (Wildman–Crippen LogP) is 4.15. The first-order valence-electron chi connectivity index (χ1n) is 9.77. The van der Waals surface area contributed by atoms with Crippen LogP contribution in [-0.4, -0.2) is 31.9 Å². The molecule has 0 spiro atoms. The topological polar surface area (TPSA) is 119 Å². The first-order valence-corrected chi connectivity index (χ1v) is 11.6. The zero-order valence-electron chi connectivity index (χ0n) is 17.3. The molecule has 170 valence electrons. The Balaban J connectivity index is 1.67. The molecule has 0 saturated heterocycles. The highest BCUT2D eigenvalue weighted by atomic mass is 35.5. The summed E-state index contributed by atoms with van der Waals surface area (Å²) in [5.41, 5.74) is 0.959. The molecule has 11 heteroatoms. The van der Waals surface area contributed by atoms with Gasteiger partial charge in [-0.25, -0.2) is 8.42 Å². The number of aryl methyl sites for hydroxylation is 1. The monoisotopic (exact) mass is 487 g/mol. The molecule has 1 atom stereocenters. The number of nitrogens with one attached hydrogen (secondary N) is 1. The van der Waals surface area contributed by atoms with Gasteiger partial charge in [0.05, 0.1) is 27.7 Å². The molecule has 3 aromatic carbocycles. The van der Waals surface area contributed by atoms with Crippen LogP contribution in [0, 0.1) is 17.0 Å². The molecule has 1 amide bonds. The summed E-state index contributed by atoms with van der Waals surface area (Å²) in [5.74, 6) is -0.415. The van der Waals surface area contributed by atoms with E-state index in [0.717, 1.165) is 4.31 Å². The number of hydrogen-bond donors (Lipinski definition) is 1. The van der Waals surface area contributed by atoms with E-state index in [1.807, 2.05) is 0 Å². The van der Waals surface area contributed by atoms with Crippen molar-refractivity contribution in [1.82, 2.24) is 0 Å². The van der Waals surface area contributed by atoms with Crippen LogP contribution in [0.3, 0.4) is 0 Å². The fraction of sp³-hybridized carbons (Fsp3) is 0.136. The molecule has 0 aromatic heterocycles. The van der Waals surface area contributed by atoms with Crippen LogP contribution in [0.25, 0.3) is 0 Å². The highest BCUT2D eigenvalue weighted by Gasteiger charge is 2.37. The number of benzene rings is 3. The third kappa shape index (κ3) is 4.48. The van der Waals surface area contributed by atoms with Gasteiger partial charge in [0.1, 0.15) is 5.75 Å². The third-order valence-corrected chi connectivity index (χ3v) is 7.16. The van der Waals surface area contributed by atoms with Gasteiger partial charge in [-0.3, -0.25) is 19.2 Å². The number of carbonyl (C=O) groups is 1. The van der Waals surface area contributed by atoms with E-state index in [4.69, 9.17) is 16.3 Å². The highest BCUT2D eigenvalue weighted by Crippen LogP contribution is 2.37. The Kier molecular flexibility index (Phi) is 5.96. The van der Waals surface area contributed by atoms with E-state index >= 15 is 0 Å². The van der Waals surface area contributed by atoms with E-state index in [-0.39, 0.29) is 28.6 Å². The SMILES string of the molecule is Cc1ccc([N+](=O)[O-])cc1NC(=O)C1CN(S(=O)(=O)c2ccc(Cl)cc2)c2ccccc2O1. The highest BCUT2D eigenvalue weighted by molar-refractivity contribution is 7.92. The molecule has 0 aliphatic carbocycles. The minimum atomic E-state index is -4.03. The summed E-state index contributed by atoms with van der Waals surface area (Å²) < 4.78 is 33.7. The second kappa shape index (κ2) is 8.72. The second-order valence-corrected chi connectivity index (χ2v) is 9.61. The van der Waals surface area contributed by atoms with Crippen LogP contribution < -0.4 is 14.4 Å². The quantitative estimate of drug-likeness (QED) is 0.426. The summed E-state index contributed by atoms with van der Waals surface area (Å²) in [6.45, 7) is 1.40. The second-order valence-electron chi connectivity index (χ2n) is 7.31. The summed E-state index contributed by atoms with van der Waals surface area (Å²) in [6, 6.07) is 16.3. The Bertz CT molecular complexity index is 1340. The lowest BCUT2D eigenvalue weighted by Crippen LogP contribution is -2.48. The Morgan fingerprint density at radius 2 is 1.85 bits per heavy atom. The zero-order chi connectivity index (χ0) is 23.8. The first kappa shape index (κ1) is 22.6. The molecule has 1 aliphatic heterocycles. The number of sulfonamides is 1. The molecule has 4 rings (SSSR count). The number of non-ortho nitro benzene ring substituents is 1. The summed E-state index contributed by atoms with van der Waals surface area (Å²) in [5, 5.41) is 14.1. The Hall–Kier alpha value is -3.63. The Labute approximate surface area is 194 Å². The van der Waals surface area contributed by atoms with Crippen LogP contribution in [0.4, 0.5) is 17.1 Å². The van der Waals surface area contributed by atoms with Gasteiger partial charge in [0.15, 0.2) is 6.10 Å². The predicted molar refractivity (Wildman–Crippen MR) is 123 cm³/mol. The zero-order valence-corrected chi connectivity index (χ0v) is 18.8. The molecule has 0 radical (unpaired) electrons. The summed E-state index contributed by atoms with van der Waals surface area (Å²) in [7, 11) is -4.03. The van der Waals surface area contributed by atoms with Crippen LogP contribution in [0.2, 0.25) is 5.02 Å². The van der Waals surface area contributed by atoms with Crippen molar-refractivity contribution >= 4 is 44.6 Å². The van der Waals surface area contributed by atoms with Gasteiger partial charge in [-0.2, -0.15) is 0 Å². The standard InChI is InChI=1S/C22H18ClN3O6S/c1-14-6-9-16(26(28)29)12-18(14)24-22(27)21-13-25(19-4-2-3-5-20(19)32-21)33(30,31)17-10-7-15(23)8-11-17/h2-12,21H,13H2,1H3,(H,24,27). The molecule has 1 N–H and O–H groups in total. The van der Waals surface area contributed by atoms with E-state index in [1.165, 1.54) is 42.5 Å². The van der Waals surface area contributed by atoms with Crippen LogP contribution in [0.5, 0.6) is 5.75 Å². The van der Waals surface area contributed by atoms with Crippen molar-refractivity contribution in [2.75, 3.05) is 16.2 Å². The summed E-state index contributed by atoms with van der Waals surface area (Å²) in [6.07, 6.45) is -1.19. The van der Waals surface area contributed by atoms with Gasteiger partial charge in [0.2, 0.25) is 0 Å². The molecule has 1 unspecified atom stereocenters. The number of anilines is 2. The van der Waals surface area contributed by atoms with E-state index < -0.39 is 27.0 Å². The molecule has 0 bridgehead atoms. The fourth-order valence-corrected chi connectivity index (χ4v) is 4.97. The number of nitro groups is 1. The molecule has 0 saturated carbocycles. The Morgan fingerprint density at radius 1 is 1.15 bits per heavy atom. The lowest BCUT2D eigenvalue weighted by atomic mass is 10.1. The van der Waals surface area contributed by atoms with E-state index in [2.05, 4.69) is 5.32 Å². The molecule has 1 aliphatic rings. The number of rotatable bonds is 5. The number of fused-ring (bicyclic) bond motifs is 1. The minimum Gasteiger partial charge on any atom is -0.476 e. The molecular formula is C22H18ClN3O6S. The maximum atomic E-state index is 13.4. The Morgan fingerprint density at radius 3 is 2.55 bits per heavy atom. The normalized spacial score (nSPS) is 15.3. The van der Waals surface area contributed by atoms with E-state index in [0.29, 0.717) is 16.3 Å². The fourth-order valence-electron chi connectivity index (χ4n) is 3.37. The molecule has 0 fully saturated rings. The van der Waals surface area contributed by atoms with Crippen LogP contribution in [-0.2, 0) is 14.8 Å². The molecule has 3 aromatic rings. The number of amides is 1. The number of nitro benzene ring substituents is 1. The maximum absolute atomic E-state index is 13.4. The lowest BCUT2D eigenvalue weighted by molar-refractivity contribution is -0.384. The average Bonchev–Trinajstić information content (AvgIpc) is 2.79. The lowest BCUT2D eigenvalue weighted by Gasteiger charge is -2.34.